The number of halogens is 2. The molecule has 0 saturated carbocycles. The van der Waals surface area contributed by atoms with Crippen molar-refractivity contribution in [1.82, 2.24) is 25.5 Å². The van der Waals surface area contributed by atoms with E-state index in [-0.39, 0.29) is 55.2 Å². The predicted molar refractivity (Wildman–Crippen MR) is 127 cm³/mol. The van der Waals surface area contributed by atoms with Gasteiger partial charge in [-0.15, -0.1) is 5.10 Å². The van der Waals surface area contributed by atoms with Gasteiger partial charge >= 0.3 is 12.2 Å². The summed E-state index contributed by atoms with van der Waals surface area (Å²) >= 11 is 0. The molecule has 15 heteroatoms. The third-order valence-electron chi connectivity index (χ3n) is 6.06. The highest BCUT2D eigenvalue weighted by Crippen LogP contribution is 2.33. The van der Waals surface area contributed by atoms with E-state index in [9.17, 15) is 14.4 Å². The number of tetrazole rings is 1. The van der Waals surface area contributed by atoms with Crippen molar-refractivity contribution >= 4 is 29.5 Å². The van der Waals surface area contributed by atoms with Gasteiger partial charge < -0.3 is 20.5 Å². The zero-order valence-corrected chi connectivity index (χ0v) is 19.8. The lowest BCUT2D eigenvalue weighted by molar-refractivity contribution is -0.120. The van der Waals surface area contributed by atoms with E-state index < -0.39 is 41.9 Å². The summed E-state index contributed by atoms with van der Waals surface area (Å²) in [6.07, 6.45) is -1.12. The second kappa shape index (κ2) is 10.4. The van der Waals surface area contributed by atoms with Gasteiger partial charge in [0.25, 0.3) is 0 Å². The van der Waals surface area contributed by atoms with Crippen molar-refractivity contribution in [2.45, 2.75) is 18.8 Å². The van der Waals surface area contributed by atoms with Crippen molar-refractivity contribution in [2.24, 2.45) is 5.73 Å². The Bertz CT molecular complexity index is 1370. The number of aromatic nitrogens is 4. The fourth-order valence-electron chi connectivity index (χ4n) is 4.22. The lowest BCUT2D eigenvalue weighted by atomic mass is 10.0. The van der Waals surface area contributed by atoms with E-state index >= 15 is 8.78 Å². The van der Waals surface area contributed by atoms with Gasteiger partial charge in [-0.25, -0.2) is 23.1 Å². The molecule has 2 aromatic carbocycles. The Labute approximate surface area is 214 Å². The summed E-state index contributed by atoms with van der Waals surface area (Å²) in [5, 5.41) is 13.3. The molecule has 5 rings (SSSR count). The first-order valence-corrected chi connectivity index (χ1v) is 11.6. The highest BCUT2D eigenvalue weighted by molar-refractivity contribution is 5.91. The van der Waals surface area contributed by atoms with Crippen LogP contribution in [0.3, 0.4) is 0 Å². The van der Waals surface area contributed by atoms with Gasteiger partial charge in [0.05, 0.1) is 44.1 Å². The number of nitrogens with one attached hydrogen (secondary N) is 1. The lowest BCUT2D eigenvalue weighted by Gasteiger charge is -2.16. The van der Waals surface area contributed by atoms with Gasteiger partial charge in [-0.3, -0.25) is 14.6 Å². The minimum absolute atomic E-state index is 0.0259. The maximum absolute atomic E-state index is 15.1. The van der Waals surface area contributed by atoms with Gasteiger partial charge in [0.15, 0.2) is 0 Å². The number of carbonyl (C=O) groups excluding carboxylic acids is 3. The number of hydrogen-bond donors (Lipinski definition) is 2. The van der Waals surface area contributed by atoms with E-state index in [1.807, 2.05) is 0 Å². The molecule has 3 aromatic rings. The zero-order chi connectivity index (χ0) is 26.8. The van der Waals surface area contributed by atoms with Gasteiger partial charge in [0.1, 0.15) is 30.2 Å². The Morgan fingerprint density at radius 3 is 2.08 bits per heavy atom. The van der Waals surface area contributed by atoms with Gasteiger partial charge in [0.2, 0.25) is 5.91 Å². The number of benzene rings is 2. The smallest absolute Gasteiger partial charge is 0.414 e. The molecule has 2 aliphatic heterocycles. The number of cyclic esters (lactones) is 2. The SMILES string of the molecule is NCC(=O)NC[C@H]1CN(c2ccc(-c3ccc(N4C[C@H](Cn5cnnn5)OC4=O)cc3F)c(F)c2)C(=O)O1. The molecule has 0 aliphatic carbocycles. The summed E-state index contributed by atoms with van der Waals surface area (Å²) in [4.78, 5) is 38.4. The second-order valence-electron chi connectivity index (χ2n) is 8.60. The second-order valence-corrected chi connectivity index (χ2v) is 8.60. The molecule has 2 atom stereocenters. The molecule has 2 aliphatic rings. The summed E-state index contributed by atoms with van der Waals surface area (Å²) in [5.41, 5.74) is 5.65. The minimum atomic E-state index is -0.760. The van der Waals surface area contributed by atoms with Crippen LogP contribution in [0.4, 0.5) is 29.7 Å². The van der Waals surface area contributed by atoms with E-state index in [0.717, 1.165) is 12.1 Å². The molecule has 3 amide bonds. The normalized spacial score (nSPS) is 19.0. The minimum Gasteiger partial charge on any atom is -0.442 e. The topological polar surface area (TPSA) is 158 Å². The highest BCUT2D eigenvalue weighted by atomic mass is 19.1. The standard InChI is InChI=1S/C23H22F2N8O5/c24-19-5-13(32-10-15(37-22(32)35)8-27-21(34)7-26)1-3-17(19)18-4-2-14(6-20(18)25)33-11-16(38-23(33)36)9-31-12-28-29-30-31/h1-6,12,15-16H,7-11,26H2,(H,27,34)/t15-,16-/m0/s1. The van der Waals surface area contributed by atoms with Crippen LogP contribution < -0.4 is 20.9 Å². The lowest BCUT2D eigenvalue weighted by Crippen LogP contribution is -2.37. The molecule has 3 heterocycles. The van der Waals surface area contributed by atoms with Crippen LogP contribution in [-0.4, -0.2) is 76.7 Å². The largest absolute Gasteiger partial charge is 0.442 e. The van der Waals surface area contributed by atoms with Crippen LogP contribution in [-0.2, 0) is 20.8 Å². The van der Waals surface area contributed by atoms with Crippen LogP contribution in [0.5, 0.6) is 0 Å². The number of nitrogens with zero attached hydrogens (tertiary/aromatic N) is 6. The molecule has 3 N–H and O–H groups in total. The first kappa shape index (κ1) is 25.0. The summed E-state index contributed by atoms with van der Waals surface area (Å²) in [6.45, 7) is 0.356. The molecule has 0 bridgehead atoms. The van der Waals surface area contributed by atoms with Crippen molar-refractivity contribution in [1.29, 1.82) is 0 Å². The molecule has 13 nitrogen and oxygen atoms in total. The fraction of sp³-hybridized carbons (Fsp3) is 0.304. The van der Waals surface area contributed by atoms with Crippen LogP contribution in [0.15, 0.2) is 42.7 Å². The predicted octanol–water partition coefficient (Wildman–Crippen LogP) is 1.04. The van der Waals surface area contributed by atoms with Crippen LogP contribution in [0.25, 0.3) is 11.1 Å². The van der Waals surface area contributed by atoms with Crippen molar-refractivity contribution in [3.05, 3.63) is 54.4 Å². The average molecular weight is 528 g/mol. The van der Waals surface area contributed by atoms with E-state index in [1.165, 1.54) is 45.1 Å². The summed E-state index contributed by atoms with van der Waals surface area (Å²) in [5.74, 6) is -1.90. The Kier molecular flexibility index (Phi) is 6.83. The third kappa shape index (κ3) is 5.08. The quantitative estimate of drug-likeness (QED) is 0.436. The molecule has 198 valence electrons. The highest BCUT2D eigenvalue weighted by Gasteiger charge is 2.34. The molecule has 0 spiro atoms. The fourth-order valence-corrected chi connectivity index (χ4v) is 4.22. The van der Waals surface area contributed by atoms with Gasteiger partial charge in [-0.05, 0) is 46.8 Å². The van der Waals surface area contributed by atoms with E-state index in [1.54, 1.807) is 0 Å². The summed E-state index contributed by atoms with van der Waals surface area (Å²) in [7, 11) is 0. The number of amides is 3. The third-order valence-corrected chi connectivity index (χ3v) is 6.06. The summed E-state index contributed by atoms with van der Waals surface area (Å²) < 4.78 is 42.1. The average Bonchev–Trinajstić information content (AvgIpc) is 3.63. The Morgan fingerprint density at radius 2 is 1.55 bits per heavy atom. The molecular formula is C23H22F2N8O5. The Morgan fingerprint density at radius 1 is 0.974 bits per heavy atom. The first-order chi connectivity index (χ1) is 18.3. The molecule has 2 saturated heterocycles. The van der Waals surface area contributed by atoms with Crippen molar-refractivity contribution in [3.8, 4) is 11.1 Å². The number of nitrogens with two attached hydrogens (primary N) is 1. The number of carbonyl (C=O) groups is 3. The molecule has 0 unspecified atom stereocenters. The number of ether oxygens (including phenoxy) is 2. The van der Waals surface area contributed by atoms with Gasteiger partial charge in [-0.2, -0.15) is 0 Å². The van der Waals surface area contributed by atoms with E-state index in [0.29, 0.717) is 0 Å². The number of rotatable bonds is 8. The maximum atomic E-state index is 15.1. The molecule has 0 radical (unpaired) electrons. The van der Waals surface area contributed by atoms with Crippen LogP contribution in [0.2, 0.25) is 0 Å². The molecule has 38 heavy (non-hydrogen) atoms. The van der Waals surface area contributed by atoms with Crippen LogP contribution in [0, 0.1) is 11.6 Å². The van der Waals surface area contributed by atoms with Crippen LogP contribution >= 0.6 is 0 Å². The Balaban J connectivity index is 1.28. The van der Waals surface area contributed by atoms with Crippen LogP contribution in [0.1, 0.15) is 0 Å². The van der Waals surface area contributed by atoms with Crippen molar-refractivity contribution < 1.29 is 32.6 Å². The van der Waals surface area contributed by atoms with Gasteiger partial charge in [-0.1, -0.05) is 0 Å². The van der Waals surface area contributed by atoms with Crippen molar-refractivity contribution in [3.63, 3.8) is 0 Å². The van der Waals surface area contributed by atoms with E-state index in [2.05, 4.69) is 20.8 Å². The van der Waals surface area contributed by atoms with Crippen molar-refractivity contribution in [2.75, 3.05) is 36.0 Å². The molecule has 2 fully saturated rings. The summed E-state index contributed by atoms with van der Waals surface area (Å²) in [6, 6.07) is 7.91. The molecular weight excluding hydrogens is 506 g/mol. The first-order valence-electron chi connectivity index (χ1n) is 11.6. The Hall–Kier alpha value is -4.66. The molecule has 1 aromatic heterocycles. The monoisotopic (exact) mass is 528 g/mol. The van der Waals surface area contributed by atoms with E-state index in [4.69, 9.17) is 15.2 Å². The number of anilines is 2. The maximum Gasteiger partial charge on any atom is 0.414 e. The van der Waals surface area contributed by atoms with Gasteiger partial charge in [0, 0.05) is 11.1 Å². The zero-order valence-electron chi connectivity index (χ0n) is 19.8. The number of hydrogen-bond acceptors (Lipinski definition) is 9.